The van der Waals surface area contributed by atoms with Crippen molar-refractivity contribution in [2.45, 2.75) is 75.4 Å². The molecule has 3 aromatic carbocycles. The summed E-state index contributed by atoms with van der Waals surface area (Å²) < 4.78 is 0. The summed E-state index contributed by atoms with van der Waals surface area (Å²) in [6.07, 6.45) is 5.85. The Hall–Kier alpha value is -3.05. The van der Waals surface area contributed by atoms with Crippen LogP contribution in [-0.2, 0) is 4.79 Å². The zero-order chi connectivity index (χ0) is 26.6. The molecule has 0 bridgehead atoms. The van der Waals surface area contributed by atoms with Gasteiger partial charge in [0.05, 0.1) is 6.42 Å². The lowest BCUT2D eigenvalue weighted by atomic mass is 9.97. The maximum absolute atomic E-state index is 12.3. The molecule has 2 N–H and O–H groups in total. The summed E-state index contributed by atoms with van der Waals surface area (Å²) in [4.78, 5) is 24.3. The number of carboxylic acids is 1. The van der Waals surface area contributed by atoms with Gasteiger partial charge in [0.1, 0.15) is 0 Å². The molecule has 0 aromatic heterocycles. The molecule has 4 nitrogen and oxygen atoms in total. The first-order chi connectivity index (χ1) is 17.9. The van der Waals surface area contributed by atoms with Crippen LogP contribution in [0, 0.1) is 0 Å². The number of aliphatic carboxylic acids is 1. The first kappa shape index (κ1) is 28.5. The van der Waals surface area contributed by atoms with Gasteiger partial charge in [-0.25, -0.2) is 0 Å². The SMILES string of the molecule is CCCCCCC(Sc1ccc(-c2cccc(C(C)C)c2)cc1)c1ccc(C(=O)NCCC(=O)O)cc1. The molecule has 0 fully saturated rings. The normalized spacial score (nSPS) is 11.9. The molecule has 0 heterocycles. The van der Waals surface area contributed by atoms with Gasteiger partial charge < -0.3 is 10.4 Å². The molecule has 0 radical (unpaired) electrons. The molecule has 5 heteroatoms. The molecule has 196 valence electrons. The highest BCUT2D eigenvalue weighted by atomic mass is 32.2. The average Bonchev–Trinajstić information content (AvgIpc) is 2.90. The predicted molar refractivity (Wildman–Crippen MR) is 154 cm³/mol. The Bertz CT molecular complexity index is 1140. The van der Waals surface area contributed by atoms with Crippen LogP contribution in [0.3, 0.4) is 0 Å². The highest BCUT2D eigenvalue weighted by Gasteiger charge is 2.15. The number of hydrogen-bond acceptors (Lipinski definition) is 3. The van der Waals surface area contributed by atoms with E-state index in [0.717, 1.165) is 6.42 Å². The number of carbonyl (C=O) groups excluding carboxylic acids is 1. The summed E-state index contributed by atoms with van der Waals surface area (Å²) in [5, 5.41) is 11.7. The van der Waals surface area contributed by atoms with Crippen LogP contribution in [0.4, 0.5) is 0 Å². The van der Waals surface area contributed by atoms with E-state index < -0.39 is 5.97 Å². The summed E-state index contributed by atoms with van der Waals surface area (Å²) in [6, 6.07) is 25.4. The van der Waals surface area contributed by atoms with Crippen molar-refractivity contribution in [1.29, 1.82) is 0 Å². The quantitative estimate of drug-likeness (QED) is 0.166. The summed E-state index contributed by atoms with van der Waals surface area (Å²) in [5.41, 5.74) is 5.58. The number of rotatable bonds is 14. The van der Waals surface area contributed by atoms with Crippen molar-refractivity contribution in [3.8, 4) is 11.1 Å². The van der Waals surface area contributed by atoms with Gasteiger partial charge in [0.15, 0.2) is 0 Å². The fraction of sp³-hybridized carbons (Fsp3) is 0.375. The number of thioether (sulfide) groups is 1. The predicted octanol–water partition coefficient (Wildman–Crippen LogP) is 8.49. The van der Waals surface area contributed by atoms with Crippen LogP contribution < -0.4 is 5.32 Å². The fourth-order valence-electron chi connectivity index (χ4n) is 4.25. The van der Waals surface area contributed by atoms with E-state index in [2.05, 4.69) is 74.6 Å². The molecular weight excluding hydrogens is 478 g/mol. The van der Waals surface area contributed by atoms with Crippen LogP contribution >= 0.6 is 11.8 Å². The molecule has 1 atom stereocenters. The molecule has 0 aliphatic rings. The summed E-state index contributed by atoms with van der Waals surface area (Å²) >= 11 is 1.88. The second-order valence-electron chi connectivity index (χ2n) is 9.78. The number of carboxylic acid groups (broad SMARTS) is 1. The van der Waals surface area contributed by atoms with Crippen molar-refractivity contribution in [3.05, 3.63) is 89.5 Å². The van der Waals surface area contributed by atoms with E-state index in [1.54, 1.807) is 0 Å². The Balaban J connectivity index is 1.71. The third kappa shape index (κ3) is 9.08. The zero-order valence-electron chi connectivity index (χ0n) is 22.2. The van der Waals surface area contributed by atoms with Gasteiger partial charge >= 0.3 is 5.97 Å². The Morgan fingerprint density at radius 1 is 0.865 bits per heavy atom. The van der Waals surface area contributed by atoms with Crippen LogP contribution in [0.25, 0.3) is 11.1 Å². The first-order valence-electron chi connectivity index (χ1n) is 13.3. The van der Waals surface area contributed by atoms with Crippen LogP contribution in [0.1, 0.15) is 91.9 Å². The van der Waals surface area contributed by atoms with Gasteiger partial charge in [-0.2, -0.15) is 0 Å². The van der Waals surface area contributed by atoms with E-state index in [-0.39, 0.29) is 18.9 Å². The third-order valence-electron chi connectivity index (χ3n) is 6.51. The van der Waals surface area contributed by atoms with E-state index in [0.29, 0.717) is 16.7 Å². The Morgan fingerprint density at radius 2 is 1.59 bits per heavy atom. The lowest BCUT2D eigenvalue weighted by Crippen LogP contribution is -2.25. The molecule has 37 heavy (non-hydrogen) atoms. The molecule has 0 aliphatic heterocycles. The number of nitrogens with one attached hydrogen (secondary N) is 1. The number of benzene rings is 3. The second kappa shape index (κ2) is 14.6. The monoisotopic (exact) mass is 517 g/mol. The van der Waals surface area contributed by atoms with Crippen LogP contribution in [0.5, 0.6) is 0 Å². The summed E-state index contributed by atoms with van der Waals surface area (Å²) in [7, 11) is 0. The molecule has 0 saturated heterocycles. The molecule has 0 spiro atoms. The summed E-state index contributed by atoms with van der Waals surface area (Å²) in [6.45, 7) is 6.80. The van der Waals surface area contributed by atoms with Crippen molar-refractivity contribution in [3.63, 3.8) is 0 Å². The van der Waals surface area contributed by atoms with Crippen LogP contribution in [-0.4, -0.2) is 23.5 Å². The Morgan fingerprint density at radius 3 is 2.24 bits per heavy atom. The van der Waals surface area contributed by atoms with Gasteiger partial charge in [0.2, 0.25) is 0 Å². The third-order valence-corrected chi connectivity index (χ3v) is 7.84. The standard InChI is InChI=1S/C32H39NO3S/c1-4-5-6-7-11-30(25-12-14-26(15-13-25)32(36)33-21-20-31(34)35)37-29-18-16-24(17-19-29)28-10-8-9-27(22-28)23(2)3/h8-10,12-19,22-23,30H,4-7,11,20-21H2,1-3H3,(H,33,36)(H,34,35). The Labute approximate surface area is 225 Å². The lowest BCUT2D eigenvalue weighted by Gasteiger charge is -2.18. The Kier molecular flexibility index (Phi) is 11.3. The largest absolute Gasteiger partial charge is 0.481 e. The minimum atomic E-state index is -0.921. The molecule has 3 rings (SSSR count). The smallest absolute Gasteiger partial charge is 0.305 e. The minimum Gasteiger partial charge on any atom is -0.481 e. The molecule has 0 saturated carbocycles. The van der Waals surface area contributed by atoms with Crippen LogP contribution in [0.15, 0.2) is 77.7 Å². The van der Waals surface area contributed by atoms with Gasteiger partial charge in [-0.3, -0.25) is 9.59 Å². The number of carbonyl (C=O) groups is 2. The lowest BCUT2D eigenvalue weighted by molar-refractivity contribution is -0.136. The molecule has 0 aliphatic carbocycles. The fourth-order valence-corrected chi connectivity index (χ4v) is 5.45. The van der Waals surface area contributed by atoms with E-state index in [4.69, 9.17) is 5.11 Å². The zero-order valence-corrected chi connectivity index (χ0v) is 23.0. The second-order valence-corrected chi connectivity index (χ2v) is 11.1. The first-order valence-corrected chi connectivity index (χ1v) is 14.2. The number of amides is 1. The van der Waals surface area contributed by atoms with Gasteiger partial charge in [0.25, 0.3) is 5.91 Å². The van der Waals surface area contributed by atoms with Crippen molar-refractivity contribution in [2.24, 2.45) is 0 Å². The minimum absolute atomic E-state index is 0.0811. The van der Waals surface area contributed by atoms with Gasteiger partial charge in [0, 0.05) is 22.3 Å². The summed E-state index contributed by atoms with van der Waals surface area (Å²) in [5.74, 6) is -0.654. The number of unbranched alkanes of at least 4 members (excludes halogenated alkanes) is 3. The highest BCUT2D eigenvalue weighted by Crippen LogP contribution is 2.40. The van der Waals surface area contributed by atoms with Gasteiger partial charge in [-0.05, 0) is 58.9 Å². The molecular formula is C32H39NO3S. The van der Waals surface area contributed by atoms with Crippen molar-refractivity contribution in [2.75, 3.05) is 6.54 Å². The number of hydrogen-bond donors (Lipinski definition) is 2. The van der Waals surface area contributed by atoms with E-state index in [9.17, 15) is 9.59 Å². The molecule has 1 unspecified atom stereocenters. The van der Waals surface area contributed by atoms with E-state index in [1.807, 2.05) is 36.0 Å². The van der Waals surface area contributed by atoms with E-state index >= 15 is 0 Å². The van der Waals surface area contributed by atoms with Crippen molar-refractivity contribution >= 4 is 23.6 Å². The van der Waals surface area contributed by atoms with Gasteiger partial charge in [-0.15, -0.1) is 11.8 Å². The van der Waals surface area contributed by atoms with Crippen molar-refractivity contribution < 1.29 is 14.7 Å². The average molecular weight is 518 g/mol. The maximum Gasteiger partial charge on any atom is 0.305 e. The highest BCUT2D eigenvalue weighted by molar-refractivity contribution is 7.99. The van der Waals surface area contributed by atoms with Crippen LogP contribution in [0.2, 0.25) is 0 Å². The molecule has 3 aromatic rings. The van der Waals surface area contributed by atoms with E-state index in [1.165, 1.54) is 52.8 Å². The topological polar surface area (TPSA) is 66.4 Å². The van der Waals surface area contributed by atoms with Gasteiger partial charge in [-0.1, -0.05) is 95.0 Å². The molecule has 1 amide bonds. The maximum atomic E-state index is 12.3. The van der Waals surface area contributed by atoms with Crippen molar-refractivity contribution in [1.82, 2.24) is 5.32 Å².